The summed E-state index contributed by atoms with van der Waals surface area (Å²) in [6.45, 7) is 0.934. The summed E-state index contributed by atoms with van der Waals surface area (Å²) in [6.07, 6.45) is 0.383. The highest BCUT2D eigenvalue weighted by Crippen LogP contribution is 2.11. The molecule has 112 valence electrons. The molecule has 0 saturated heterocycles. The molecule has 0 aromatic heterocycles. The van der Waals surface area contributed by atoms with Gasteiger partial charge in [0.2, 0.25) is 5.91 Å². The van der Waals surface area contributed by atoms with Gasteiger partial charge in [-0.25, -0.2) is 0 Å². The molecule has 1 amide bonds. The fourth-order valence-electron chi connectivity index (χ4n) is 1.86. The number of nitrogens with zero attached hydrogens (tertiary/aromatic N) is 1. The van der Waals surface area contributed by atoms with Crippen molar-refractivity contribution < 1.29 is 19.7 Å². The van der Waals surface area contributed by atoms with Gasteiger partial charge in [0.25, 0.3) is 0 Å². The highest BCUT2D eigenvalue weighted by Gasteiger charge is 2.20. The third-order valence-corrected chi connectivity index (χ3v) is 2.96. The average Bonchev–Trinajstić information content (AvgIpc) is 2.45. The Kier molecular flexibility index (Phi) is 7.00. The number of carbonyl (C=O) groups excluding carboxylic acids is 1. The predicted octanol–water partition coefficient (Wildman–Crippen LogP) is -0.271. The molecule has 0 fully saturated rings. The molecule has 0 aliphatic rings. The van der Waals surface area contributed by atoms with Crippen LogP contribution in [0.4, 0.5) is 0 Å². The summed E-state index contributed by atoms with van der Waals surface area (Å²) in [5, 5.41) is 18.2. The molecule has 6 nitrogen and oxygen atoms in total. The fraction of sp³-hybridized carbons (Fsp3) is 0.500. The first-order chi connectivity index (χ1) is 9.58. The quantitative estimate of drug-likeness (QED) is 0.610. The summed E-state index contributed by atoms with van der Waals surface area (Å²) < 4.78 is 4.94. The molecule has 1 aromatic carbocycles. The second-order valence-electron chi connectivity index (χ2n) is 4.52. The summed E-state index contributed by atoms with van der Waals surface area (Å²) in [5.41, 5.74) is 6.79. The zero-order chi connectivity index (χ0) is 15.0. The number of amides is 1. The normalized spacial score (nSPS) is 12.2. The summed E-state index contributed by atoms with van der Waals surface area (Å²) in [7, 11) is 1.55. The van der Waals surface area contributed by atoms with E-state index in [9.17, 15) is 9.90 Å². The molecule has 0 spiro atoms. The van der Waals surface area contributed by atoms with Crippen LogP contribution in [0.2, 0.25) is 0 Å². The second kappa shape index (κ2) is 8.52. The van der Waals surface area contributed by atoms with Gasteiger partial charge < -0.3 is 25.6 Å². The van der Waals surface area contributed by atoms with Crippen LogP contribution >= 0.6 is 0 Å². The van der Waals surface area contributed by atoms with Crippen molar-refractivity contribution in [2.24, 2.45) is 5.73 Å². The number of aliphatic hydroxyl groups excluding tert-OH is 1. The number of methoxy groups -OCH3 is 1. The van der Waals surface area contributed by atoms with Crippen molar-refractivity contribution in [3.8, 4) is 5.75 Å². The first-order valence-electron chi connectivity index (χ1n) is 6.50. The molecular formula is C14H22N2O4. The Balaban J connectivity index is 2.60. The number of hydrogen-bond acceptors (Lipinski definition) is 5. The highest BCUT2D eigenvalue weighted by atomic mass is 16.5. The number of carbonyl (C=O) groups is 1. The monoisotopic (exact) mass is 282 g/mol. The van der Waals surface area contributed by atoms with Crippen LogP contribution in [0.3, 0.4) is 0 Å². The van der Waals surface area contributed by atoms with E-state index in [0.29, 0.717) is 19.6 Å². The average molecular weight is 282 g/mol. The maximum absolute atomic E-state index is 12.2. The molecule has 1 atom stereocenters. The molecule has 6 heteroatoms. The molecule has 0 aliphatic heterocycles. The van der Waals surface area contributed by atoms with Crippen LogP contribution in [0, 0.1) is 0 Å². The van der Waals surface area contributed by atoms with Crippen LogP contribution in [0.15, 0.2) is 24.3 Å². The number of rotatable bonds is 8. The number of ether oxygens (including phenoxy) is 1. The van der Waals surface area contributed by atoms with Crippen molar-refractivity contribution in [1.29, 1.82) is 0 Å². The van der Waals surface area contributed by atoms with E-state index < -0.39 is 6.04 Å². The van der Waals surface area contributed by atoms with Crippen LogP contribution in [0.1, 0.15) is 5.56 Å². The molecule has 0 saturated carbocycles. The molecule has 1 rings (SSSR count). The Bertz CT molecular complexity index is 408. The zero-order valence-electron chi connectivity index (χ0n) is 11.7. The SMILES string of the molecule is COCCN(CCO)C(=O)[C@@H](N)Cc1ccc(O)cc1. The van der Waals surface area contributed by atoms with Crippen molar-refractivity contribution in [3.63, 3.8) is 0 Å². The number of hydrogen-bond donors (Lipinski definition) is 3. The minimum Gasteiger partial charge on any atom is -0.508 e. The lowest BCUT2D eigenvalue weighted by molar-refractivity contribution is -0.133. The minimum atomic E-state index is -0.678. The third-order valence-electron chi connectivity index (χ3n) is 2.96. The van der Waals surface area contributed by atoms with Gasteiger partial charge in [-0.1, -0.05) is 12.1 Å². The van der Waals surface area contributed by atoms with Crippen LogP contribution in [0.25, 0.3) is 0 Å². The first-order valence-corrected chi connectivity index (χ1v) is 6.50. The lowest BCUT2D eigenvalue weighted by Crippen LogP contribution is -2.47. The van der Waals surface area contributed by atoms with Crippen molar-refractivity contribution in [3.05, 3.63) is 29.8 Å². The van der Waals surface area contributed by atoms with Crippen molar-refractivity contribution in [2.75, 3.05) is 33.4 Å². The van der Waals surface area contributed by atoms with Gasteiger partial charge >= 0.3 is 0 Å². The Morgan fingerprint density at radius 2 is 2.00 bits per heavy atom. The van der Waals surface area contributed by atoms with Crippen molar-refractivity contribution >= 4 is 5.91 Å². The Morgan fingerprint density at radius 1 is 1.35 bits per heavy atom. The maximum Gasteiger partial charge on any atom is 0.239 e. The van der Waals surface area contributed by atoms with E-state index in [2.05, 4.69) is 0 Å². The lowest BCUT2D eigenvalue weighted by atomic mass is 10.1. The van der Waals surface area contributed by atoms with Crippen LogP contribution < -0.4 is 5.73 Å². The van der Waals surface area contributed by atoms with Crippen LogP contribution in [-0.2, 0) is 16.0 Å². The van der Waals surface area contributed by atoms with Crippen molar-refractivity contribution in [1.82, 2.24) is 4.90 Å². The van der Waals surface area contributed by atoms with E-state index >= 15 is 0 Å². The fourth-order valence-corrected chi connectivity index (χ4v) is 1.86. The standard InChI is InChI=1S/C14H22N2O4/c1-20-9-7-16(6-8-17)14(19)13(15)10-11-2-4-12(18)5-3-11/h2-5,13,17-18H,6-10,15H2,1H3/t13-/m0/s1. The van der Waals surface area contributed by atoms with E-state index in [1.807, 2.05) is 0 Å². The van der Waals surface area contributed by atoms with Gasteiger partial charge in [-0.3, -0.25) is 4.79 Å². The molecule has 20 heavy (non-hydrogen) atoms. The number of phenols is 1. The van der Waals surface area contributed by atoms with Gasteiger partial charge in [0.1, 0.15) is 5.75 Å². The number of aliphatic hydroxyl groups is 1. The summed E-state index contributed by atoms with van der Waals surface area (Å²) >= 11 is 0. The number of aromatic hydroxyl groups is 1. The lowest BCUT2D eigenvalue weighted by Gasteiger charge is -2.24. The van der Waals surface area contributed by atoms with Crippen LogP contribution in [-0.4, -0.2) is 60.5 Å². The molecule has 1 aromatic rings. The van der Waals surface area contributed by atoms with Gasteiger partial charge in [-0.15, -0.1) is 0 Å². The van der Waals surface area contributed by atoms with E-state index in [0.717, 1.165) is 5.56 Å². The first kappa shape index (κ1) is 16.4. The molecule has 0 bridgehead atoms. The van der Waals surface area contributed by atoms with E-state index in [4.69, 9.17) is 15.6 Å². The van der Waals surface area contributed by atoms with Crippen molar-refractivity contribution in [2.45, 2.75) is 12.5 Å². The van der Waals surface area contributed by atoms with Gasteiger partial charge in [0.05, 0.1) is 19.3 Å². The molecule has 0 unspecified atom stereocenters. The van der Waals surface area contributed by atoms with Gasteiger partial charge in [0, 0.05) is 20.2 Å². The summed E-state index contributed by atoms with van der Waals surface area (Å²) in [6, 6.07) is 5.90. The zero-order valence-corrected chi connectivity index (χ0v) is 11.7. The molecule has 4 N–H and O–H groups in total. The topological polar surface area (TPSA) is 96.0 Å². The minimum absolute atomic E-state index is 0.110. The Hall–Kier alpha value is -1.63. The summed E-state index contributed by atoms with van der Waals surface area (Å²) in [5.74, 6) is -0.0418. The molecule has 0 heterocycles. The maximum atomic E-state index is 12.2. The smallest absolute Gasteiger partial charge is 0.239 e. The largest absolute Gasteiger partial charge is 0.508 e. The number of benzene rings is 1. The molecule has 0 radical (unpaired) electrons. The van der Waals surface area contributed by atoms with Crippen LogP contribution in [0.5, 0.6) is 5.75 Å². The molecule has 0 aliphatic carbocycles. The predicted molar refractivity (Wildman–Crippen MR) is 75.3 cm³/mol. The number of nitrogens with two attached hydrogens (primary N) is 1. The van der Waals surface area contributed by atoms with E-state index in [-0.39, 0.29) is 24.8 Å². The summed E-state index contributed by atoms with van der Waals surface area (Å²) in [4.78, 5) is 13.7. The third kappa shape index (κ3) is 5.16. The number of phenolic OH excluding ortho intramolecular Hbond substituents is 1. The molecular weight excluding hydrogens is 260 g/mol. The second-order valence-corrected chi connectivity index (χ2v) is 4.52. The van der Waals surface area contributed by atoms with E-state index in [1.165, 1.54) is 4.90 Å². The Morgan fingerprint density at radius 3 is 2.55 bits per heavy atom. The van der Waals surface area contributed by atoms with E-state index in [1.54, 1.807) is 31.4 Å². The van der Waals surface area contributed by atoms with Gasteiger partial charge in [0.15, 0.2) is 0 Å². The van der Waals surface area contributed by atoms with Gasteiger partial charge in [-0.05, 0) is 24.1 Å². The van der Waals surface area contributed by atoms with Gasteiger partial charge in [-0.2, -0.15) is 0 Å². The Labute approximate surface area is 118 Å². The highest BCUT2D eigenvalue weighted by molar-refractivity contribution is 5.82.